The highest BCUT2D eigenvalue weighted by atomic mass is 32.1. The van der Waals surface area contributed by atoms with E-state index in [1.165, 1.54) is 12.1 Å². The molecule has 112 valence electrons. The van der Waals surface area contributed by atoms with Crippen LogP contribution in [0.15, 0.2) is 53.9 Å². The maximum Gasteiger partial charge on any atom is 0.126 e. The van der Waals surface area contributed by atoms with E-state index >= 15 is 0 Å². The van der Waals surface area contributed by atoms with Crippen molar-refractivity contribution < 1.29 is 9.13 Å². The summed E-state index contributed by atoms with van der Waals surface area (Å²) < 4.78 is 18.6. The molecule has 0 spiro atoms. The normalized spacial score (nSPS) is 10.6. The third kappa shape index (κ3) is 3.62. The molecule has 1 aromatic heterocycles. The van der Waals surface area contributed by atoms with Gasteiger partial charge in [0.05, 0.1) is 17.3 Å². The van der Waals surface area contributed by atoms with Gasteiger partial charge in [-0.05, 0) is 24.3 Å². The highest BCUT2D eigenvalue weighted by molar-refractivity contribution is 7.09. The summed E-state index contributed by atoms with van der Waals surface area (Å²) in [5.41, 5.74) is 8.40. The summed E-state index contributed by atoms with van der Waals surface area (Å²) in [5, 5.41) is 3.01. The molecule has 3 aromatic rings. The number of hydrogen-bond donors (Lipinski definition) is 1. The van der Waals surface area contributed by atoms with Crippen molar-refractivity contribution in [3.05, 3.63) is 64.7 Å². The third-order valence-electron chi connectivity index (χ3n) is 3.14. The first-order valence-electron chi connectivity index (χ1n) is 6.89. The average Bonchev–Trinajstić information content (AvgIpc) is 2.97. The standard InChI is InChI=1S/C17H15FN2OS/c18-13-2-1-3-15(10-13)21-9-8-17-20-16(11-22-17)12-4-6-14(19)7-5-12/h1-7,10-11H,8-9,19H2. The first-order valence-corrected chi connectivity index (χ1v) is 7.77. The maximum atomic E-state index is 13.0. The van der Waals surface area contributed by atoms with E-state index in [1.54, 1.807) is 23.5 Å². The number of halogens is 1. The van der Waals surface area contributed by atoms with E-state index in [-0.39, 0.29) is 5.82 Å². The Morgan fingerprint density at radius 1 is 1.14 bits per heavy atom. The highest BCUT2D eigenvalue weighted by Crippen LogP contribution is 2.23. The Morgan fingerprint density at radius 3 is 2.73 bits per heavy atom. The van der Waals surface area contributed by atoms with Crippen molar-refractivity contribution in [3.8, 4) is 17.0 Å². The lowest BCUT2D eigenvalue weighted by molar-refractivity contribution is 0.320. The Morgan fingerprint density at radius 2 is 1.95 bits per heavy atom. The van der Waals surface area contributed by atoms with Gasteiger partial charge in [-0.2, -0.15) is 0 Å². The van der Waals surface area contributed by atoms with Gasteiger partial charge in [0, 0.05) is 29.1 Å². The fourth-order valence-electron chi connectivity index (χ4n) is 2.03. The smallest absolute Gasteiger partial charge is 0.126 e. The van der Waals surface area contributed by atoms with Gasteiger partial charge in [0.2, 0.25) is 0 Å². The molecule has 0 saturated carbocycles. The number of aromatic nitrogens is 1. The zero-order valence-electron chi connectivity index (χ0n) is 11.8. The molecule has 3 rings (SSSR count). The molecule has 0 radical (unpaired) electrons. The summed E-state index contributed by atoms with van der Waals surface area (Å²) in [7, 11) is 0. The van der Waals surface area contributed by atoms with Crippen molar-refractivity contribution >= 4 is 17.0 Å². The SMILES string of the molecule is Nc1ccc(-c2csc(CCOc3cccc(F)c3)n2)cc1. The van der Waals surface area contributed by atoms with Gasteiger partial charge < -0.3 is 10.5 Å². The molecule has 1 heterocycles. The van der Waals surface area contributed by atoms with Crippen LogP contribution < -0.4 is 10.5 Å². The fraction of sp³-hybridized carbons (Fsp3) is 0.118. The van der Waals surface area contributed by atoms with Crippen LogP contribution in [0.2, 0.25) is 0 Å². The quantitative estimate of drug-likeness (QED) is 0.720. The van der Waals surface area contributed by atoms with Crippen LogP contribution in [0.3, 0.4) is 0 Å². The number of nitrogens with zero attached hydrogens (tertiary/aromatic N) is 1. The largest absolute Gasteiger partial charge is 0.493 e. The summed E-state index contributed by atoms with van der Waals surface area (Å²) in [6, 6.07) is 13.8. The molecule has 2 N–H and O–H groups in total. The van der Waals surface area contributed by atoms with Crippen LogP contribution in [0.25, 0.3) is 11.3 Å². The number of nitrogens with two attached hydrogens (primary N) is 1. The summed E-state index contributed by atoms with van der Waals surface area (Å²) >= 11 is 1.59. The number of nitrogen functional groups attached to an aromatic ring is 1. The van der Waals surface area contributed by atoms with E-state index in [1.807, 2.05) is 29.6 Å². The molecule has 0 aliphatic rings. The van der Waals surface area contributed by atoms with Gasteiger partial charge in [-0.15, -0.1) is 11.3 Å². The Labute approximate surface area is 132 Å². The molecule has 0 bridgehead atoms. The number of benzene rings is 2. The zero-order chi connectivity index (χ0) is 15.4. The van der Waals surface area contributed by atoms with Gasteiger partial charge in [0.25, 0.3) is 0 Å². The van der Waals surface area contributed by atoms with Gasteiger partial charge in [-0.1, -0.05) is 18.2 Å². The Bertz CT molecular complexity index is 755. The second-order valence-electron chi connectivity index (χ2n) is 4.80. The predicted molar refractivity (Wildman–Crippen MR) is 87.6 cm³/mol. The Hall–Kier alpha value is -2.40. The topological polar surface area (TPSA) is 48.1 Å². The molecule has 0 aliphatic heterocycles. The van der Waals surface area contributed by atoms with E-state index in [9.17, 15) is 4.39 Å². The molecule has 3 nitrogen and oxygen atoms in total. The fourth-order valence-corrected chi connectivity index (χ4v) is 2.81. The van der Waals surface area contributed by atoms with E-state index in [0.717, 1.165) is 22.0 Å². The molecule has 2 aromatic carbocycles. The van der Waals surface area contributed by atoms with Crippen LogP contribution in [0.4, 0.5) is 10.1 Å². The number of ether oxygens (including phenoxy) is 1. The van der Waals surface area contributed by atoms with Crippen LogP contribution in [0.5, 0.6) is 5.75 Å². The predicted octanol–water partition coefficient (Wildman–Crippen LogP) is 4.15. The lowest BCUT2D eigenvalue weighted by Gasteiger charge is -2.04. The second kappa shape index (κ2) is 6.58. The highest BCUT2D eigenvalue weighted by Gasteiger charge is 2.05. The molecule has 0 saturated heterocycles. The lowest BCUT2D eigenvalue weighted by atomic mass is 10.1. The van der Waals surface area contributed by atoms with Gasteiger partial charge in [-0.25, -0.2) is 9.37 Å². The van der Waals surface area contributed by atoms with E-state index in [4.69, 9.17) is 10.5 Å². The van der Waals surface area contributed by atoms with Gasteiger partial charge in [-0.3, -0.25) is 0 Å². The van der Waals surface area contributed by atoms with Crippen LogP contribution in [0, 0.1) is 5.82 Å². The van der Waals surface area contributed by atoms with Crippen molar-refractivity contribution in [1.29, 1.82) is 0 Å². The Balaban J connectivity index is 1.59. The minimum absolute atomic E-state index is 0.294. The van der Waals surface area contributed by atoms with Gasteiger partial charge >= 0.3 is 0 Å². The molecule has 22 heavy (non-hydrogen) atoms. The molecule has 0 unspecified atom stereocenters. The third-order valence-corrected chi connectivity index (χ3v) is 4.05. The number of rotatable bonds is 5. The molecular formula is C17H15FN2OS. The van der Waals surface area contributed by atoms with Crippen LogP contribution in [0.1, 0.15) is 5.01 Å². The monoisotopic (exact) mass is 314 g/mol. The van der Waals surface area contributed by atoms with E-state index in [0.29, 0.717) is 18.8 Å². The van der Waals surface area contributed by atoms with Gasteiger partial charge in [0.1, 0.15) is 11.6 Å². The number of anilines is 1. The summed E-state index contributed by atoms with van der Waals surface area (Å²) in [6.45, 7) is 0.470. The van der Waals surface area contributed by atoms with Crippen LogP contribution in [-0.2, 0) is 6.42 Å². The van der Waals surface area contributed by atoms with Crippen molar-refractivity contribution in [3.63, 3.8) is 0 Å². The second-order valence-corrected chi connectivity index (χ2v) is 5.75. The van der Waals surface area contributed by atoms with Crippen LogP contribution >= 0.6 is 11.3 Å². The van der Waals surface area contributed by atoms with Crippen molar-refractivity contribution in [2.45, 2.75) is 6.42 Å². The van der Waals surface area contributed by atoms with Crippen molar-refractivity contribution in [2.24, 2.45) is 0 Å². The number of hydrogen-bond acceptors (Lipinski definition) is 4. The number of thiazole rings is 1. The van der Waals surface area contributed by atoms with E-state index in [2.05, 4.69) is 4.98 Å². The van der Waals surface area contributed by atoms with Crippen molar-refractivity contribution in [2.75, 3.05) is 12.3 Å². The van der Waals surface area contributed by atoms with Crippen LogP contribution in [-0.4, -0.2) is 11.6 Å². The minimum atomic E-state index is -0.294. The van der Waals surface area contributed by atoms with E-state index < -0.39 is 0 Å². The lowest BCUT2D eigenvalue weighted by Crippen LogP contribution is -2.01. The molecule has 0 atom stereocenters. The Kier molecular flexibility index (Phi) is 4.34. The van der Waals surface area contributed by atoms with Gasteiger partial charge in [0.15, 0.2) is 0 Å². The van der Waals surface area contributed by atoms with Crippen molar-refractivity contribution in [1.82, 2.24) is 4.98 Å². The summed E-state index contributed by atoms with van der Waals surface area (Å²) in [5.74, 6) is 0.243. The minimum Gasteiger partial charge on any atom is -0.493 e. The molecular weight excluding hydrogens is 299 g/mol. The zero-order valence-corrected chi connectivity index (χ0v) is 12.6. The molecule has 5 heteroatoms. The molecule has 0 aliphatic carbocycles. The first-order chi connectivity index (χ1) is 10.7. The first kappa shape index (κ1) is 14.5. The summed E-state index contributed by atoms with van der Waals surface area (Å²) in [6.07, 6.45) is 0.691. The summed E-state index contributed by atoms with van der Waals surface area (Å²) in [4.78, 5) is 4.58. The molecule has 0 amide bonds. The maximum absolute atomic E-state index is 13.0. The average molecular weight is 314 g/mol. The molecule has 0 fully saturated rings.